The van der Waals surface area contributed by atoms with Crippen molar-refractivity contribution >= 4 is 83.5 Å². The lowest BCUT2D eigenvalue weighted by Gasteiger charge is -2.13. The predicted octanol–water partition coefficient (Wildman–Crippen LogP) is 5.28. The van der Waals surface area contributed by atoms with E-state index < -0.39 is 11.9 Å². The summed E-state index contributed by atoms with van der Waals surface area (Å²) in [5, 5.41) is 4.82. The molecule has 2 aromatic carbocycles. The largest absolute Gasteiger partial charge is 0.490 e. The number of methoxy groups -OCH3 is 1. The number of fused-ring (bicyclic) bond motifs is 1. The van der Waals surface area contributed by atoms with E-state index in [0.717, 1.165) is 13.4 Å². The molecular formula is C21H17Br2IN2O6. The molecule has 1 N–H and O–H groups in total. The monoisotopic (exact) mass is 678 g/mol. The summed E-state index contributed by atoms with van der Waals surface area (Å²) in [6.07, 6.45) is 1.46. The van der Waals surface area contributed by atoms with Crippen molar-refractivity contribution in [3.8, 4) is 11.5 Å². The quantitative estimate of drug-likeness (QED) is 0.151. The van der Waals surface area contributed by atoms with Crippen LogP contribution in [0.25, 0.3) is 11.0 Å². The van der Waals surface area contributed by atoms with Gasteiger partial charge in [0.15, 0.2) is 23.9 Å². The number of nitrogens with one attached hydrogen (secondary N) is 1. The number of benzene rings is 2. The Morgan fingerprint density at radius 3 is 2.62 bits per heavy atom. The maximum atomic E-state index is 12.5. The van der Waals surface area contributed by atoms with E-state index in [9.17, 15) is 9.59 Å². The molecular weight excluding hydrogens is 663 g/mol. The standard InChI is InChI=1S/C21H17Br2IN2O6/c1-3-30-16-6-12(14(23)8-17(16)31-10-19(27)29-2)9-25-26-21(28)18-5-11-4-13(22)7-15(24)20(11)32-18/h4-9H,3,10H2,1-2H3,(H,26,28)/b25-9-. The first-order valence-corrected chi connectivity index (χ1v) is 11.9. The van der Waals surface area contributed by atoms with Crippen molar-refractivity contribution in [1.29, 1.82) is 0 Å². The molecule has 0 unspecified atom stereocenters. The van der Waals surface area contributed by atoms with Gasteiger partial charge >= 0.3 is 11.9 Å². The van der Waals surface area contributed by atoms with E-state index >= 15 is 0 Å². The summed E-state index contributed by atoms with van der Waals surface area (Å²) in [5.41, 5.74) is 3.71. The SMILES string of the molecule is CCOc1cc(/C=N\NC(=O)c2cc3cc(Br)cc(I)c3o2)c(Br)cc1OCC(=O)OC. The summed E-state index contributed by atoms with van der Waals surface area (Å²) in [5.74, 6) is -0.0555. The number of furan rings is 1. The third kappa shape index (κ3) is 6.01. The molecule has 0 saturated carbocycles. The summed E-state index contributed by atoms with van der Waals surface area (Å²) < 4.78 is 23.7. The van der Waals surface area contributed by atoms with Gasteiger partial charge in [0.2, 0.25) is 0 Å². The molecule has 0 bridgehead atoms. The average molecular weight is 680 g/mol. The zero-order valence-corrected chi connectivity index (χ0v) is 22.2. The highest BCUT2D eigenvalue weighted by atomic mass is 127. The first-order valence-electron chi connectivity index (χ1n) is 9.20. The van der Waals surface area contributed by atoms with Gasteiger partial charge in [0.1, 0.15) is 5.58 Å². The molecule has 0 fully saturated rings. The molecule has 168 valence electrons. The predicted molar refractivity (Wildman–Crippen MR) is 135 cm³/mol. The van der Waals surface area contributed by atoms with Crippen molar-refractivity contribution in [2.75, 3.05) is 20.3 Å². The molecule has 0 atom stereocenters. The molecule has 0 radical (unpaired) electrons. The van der Waals surface area contributed by atoms with Gasteiger partial charge in [0, 0.05) is 19.9 Å². The molecule has 8 nitrogen and oxygen atoms in total. The van der Waals surface area contributed by atoms with E-state index in [1.165, 1.54) is 13.3 Å². The number of ether oxygens (including phenoxy) is 3. The third-order valence-corrected chi connectivity index (χ3v) is 6.01. The molecule has 0 aliphatic heterocycles. The number of nitrogens with zero attached hydrogens (tertiary/aromatic N) is 1. The number of hydrogen-bond acceptors (Lipinski definition) is 7. The van der Waals surface area contributed by atoms with Crippen LogP contribution in [-0.4, -0.2) is 38.4 Å². The second-order valence-electron chi connectivity index (χ2n) is 6.23. The van der Waals surface area contributed by atoms with Gasteiger partial charge in [0.05, 0.1) is 23.5 Å². The number of halogens is 3. The highest BCUT2D eigenvalue weighted by molar-refractivity contribution is 14.1. The molecule has 1 heterocycles. The minimum atomic E-state index is -0.510. The summed E-state index contributed by atoms with van der Waals surface area (Å²) >= 11 is 9.00. The molecule has 3 aromatic rings. The van der Waals surface area contributed by atoms with Crippen molar-refractivity contribution in [3.63, 3.8) is 0 Å². The molecule has 1 amide bonds. The van der Waals surface area contributed by atoms with Crippen LogP contribution in [-0.2, 0) is 9.53 Å². The summed E-state index contributed by atoms with van der Waals surface area (Å²) in [6.45, 7) is 1.97. The fraction of sp³-hybridized carbons (Fsp3) is 0.190. The van der Waals surface area contributed by atoms with Crippen LogP contribution in [0.5, 0.6) is 11.5 Å². The van der Waals surface area contributed by atoms with Crippen molar-refractivity contribution in [2.24, 2.45) is 5.10 Å². The number of hydrazone groups is 1. The Morgan fingerprint density at radius 1 is 1.16 bits per heavy atom. The lowest BCUT2D eigenvalue weighted by atomic mass is 10.2. The van der Waals surface area contributed by atoms with Crippen LogP contribution < -0.4 is 14.9 Å². The third-order valence-electron chi connectivity index (χ3n) is 4.07. The maximum Gasteiger partial charge on any atom is 0.343 e. The van der Waals surface area contributed by atoms with Crippen LogP contribution in [0.2, 0.25) is 0 Å². The topological polar surface area (TPSA) is 99.4 Å². The zero-order chi connectivity index (χ0) is 23.3. The van der Waals surface area contributed by atoms with E-state index in [4.69, 9.17) is 13.9 Å². The molecule has 3 rings (SSSR count). The normalized spacial score (nSPS) is 11.0. The molecule has 0 saturated heterocycles. The van der Waals surface area contributed by atoms with Gasteiger partial charge in [-0.2, -0.15) is 5.10 Å². The fourth-order valence-electron chi connectivity index (χ4n) is 2.63. The van der Waals surface area contributed by atoms with Crippen molar-refractivity contribution in [2.45, 2.75) is 6.92 Å². The maximum absolute atomic E-state index is 12.5. The van der Waals surface area contributed by atoms with Gasteiger partial charge < -0.3 is 18.6 Å². The van der Waals surface area contributed by atoms with Crippen LogP contribution in [0.15, 0.2) is 48.8 Å². The van der Waals surface area contributed by atoms with E-state index in [1.807, 2.05) is 19.1 Å². The highest BCUT2D eigenvalue weighted by Crippen LogP contribution is 2.33. The minimum absolute atomic E-state index is 0.147. The lowest BCUT2D eigenvalue weighted by Crippen LogP contribution is -2.16. The van der Waals surface area contributed by atoms with E-state index in [-0.39, 0.29) is 12.4 Å². The van der Waals surface area contributed by atoms with E-state index in [0.29, 0.717) is 33.7 Å². The zero-order valence-electron chi connectivity index (χ0n) is 16.9. The first-order chi connectivity index (χ1) is 15.3. The van der Waals surface area contributed by atoms with E-state index in [1.54, 1.807) is 18.2 Å². The second kappa shape index (κ2) is 11.1. The number of amides is 1. The molecule has 32 heavy (non-hydrogen) atoms. The van der Waals surface area contributed by atoms with Gasteiger partial charge in [-0.3, -0.25) is 4.79 Å². The number of hydrogen-bond donors (Lipinski definition) is 1. The number of esters is 1. The summed E-state index contributed by atoms with van der Waals surface area (Å²) in [4.78, 5) is 23.8. The second-order valence-corrected chi connectivity index (χ2v) is 9.17. The molecule has 0 aliphatic rings. The van der Waals surface area contributed by atoms with Crippen LogP contribution in [0.3, 0.4) is 0 Å². The lowest BCUT2D eigenvalue weighted by molar-refractivity contribution is -0.142. The molecule has 0 spiro atoms. The number of carbonyl (C=O) groups is 2. The Bertz CT molecular complexity index is 1190. The summed E-state index contributed by atoms with van der Waals surface area (Å²) in [6, 6.07) is 8.76. The smallest absolute Gasteiger partial charge is 0.343 e. The van der Waals surface area contributed by atoms with Gasteiger partial charge in [-0.25, -0.2) is 10.2 Å². The number of carbonyl (C=O) groups excluding carboxylic acids is 2. The Labute approximate surface area is 214 Å². The van der Waals surface area contributed by atoms with E-state index in [2.05, 4.69) is 69.7 Å². The Kier molecular flexibility index (Phi) is 8.54. The average Bonchev–Trinajstić information content (AvgIpc) is 3.19. The van der Waals surface area contributed by atoms with Crippen molar-refractivity contribution in [1.82, 2.24) is 5.43 Å². The molecule has 0 aliphatic carbocycles. The highest BCUT2D eigenvalue weighted by Gasteiger charge is 2.15. The van der Waals surface area contributed by atoms with Crippen LogP contribution in [0.1, 0.15) is 23.0 Å². The summed E-state index contributed by atoms with van der Waals surface area (Å²) in [7, 11) is 1.28. The van der Waals surface area contributed by atoms with Crippen LogP contribution >= 0.6 is 54.5 Å². The van der Waals surface area contributed by atoms with Crippen LogP contribution in [0, 0.1) is 3.57 Å². The van der Waals surface area contributed by atoms with Gasteiger partial charge in [-0.15, -0.1) is 0 Å². The number of rotatable bonds is 8. The minimum Gasteiger partial charge on any atom is -0.490 e. The van der Waals surface area contributed by atoms with Crippen molar-refractivity contribution < 1.29 is 28.2 Å². The van der Waals surface area contributed by atoms with Gasteiger partial charge in [-0.1, -0.05) is 15.9 Å². The molecule has 11 heteroatoms. The Balaban J connectivity index is 1.75. The Morgan fingerprint density at radius 2 is 1.91 bits per heavy atom. The fourth-order valence-corrected chi connectivity index (χ4v) is 4.71. The first kappa shape index (κ1) is 24.5. The molecule has 1 aromatic heterocycles. The van der Waals surface area contributed by atoms with Gasteiger partial charge in [-0.05, 0) is 75.8 Å². The van der Waals surface area contributed by atoms with Gasteiger partial charge in [0.25, 0.3) is 0 Å². The van der Waals surface area contributed by atoms with Crippen molar-refractivity contribution in [3.05, 3.63) is 54.2 Å². The van der Waals surface area contributed by atoms with Crippen LogP contribution in [0.4, 0.5) is 0 Å². The Hall–Kier alpha value is -2.12.